The highest BCUT2D eigenvalue weighted by molar-refractivity contribution is 5.32. The zero-order valence-corrected chi connectivity index (χ0v) is 11.8. The molecule has 20 heavy (non-hydrogen) atoms. The third-order valence-corrected chi connectivity index (χ3v) is 3.41. The van der Waals surface area contributed by atoms with Crippen molar-refractivity contribution < 1.29 is 9.34 Å². The predicted octanol–water partition coefficient (Wildman–Crippen LogP) is 3.31. The maximum absolute atomic E-state index is 10.7. The smallest absolute Gasteiger partial charge is 0.404 e. The van der Waals surface area contributed by atoms with Crippen LogP contribution in [0.5, 0.6) is 0 Å². The fourth-order valence-electron chi connectivity index (χ4n) is 2.21. The maximum Gasteiger partial charge on any atom is 0.433 e. The van der Waals surface area contributed by atoms with Gasteiger partial charge in [0, 0.05) is 0 Å². The quantitative estimate of drug-likeness (QED) is 0.671. The van der Waals surface area contributed by atoms with Crippen molar-refractivity contribution in [1.82, 2.24) is 5.32 Å². The van der Waals surface area contributed by atoms with Crippen LogP contribution < -0.4 is 5.32 Å². The molecule has 2 aromatic rings. The van der Waals surface area contributed by atoms with Gasteiger partial charge in [0.2, 0.25) is 0 Å². The van der Waals surface area contributed by atoms with Crippen LogP contribution in [0.2, 0.25) is 0 Å². The average Bonchev–Trinajstić information content (AvgIpc) is 2.89. The number of aryl methyl sites for hydroxylation is 2. The minimum absolute atomic E-state index is 0.0794. The van der Waals surface area contributed by atoms with E-state index in [4.69, 9.17) is 4.42 Å². The highest BCUT2D eigenvalue weighted by atomic mass is 16.6. The molecule has 0 spiro atoms. The van der Waals surface area contributed by atoms with Crippen LogP contribution >= 0.6 is 0 Å². The van der Waals surface area contributed by atoms with Crippen molar-refractivity contribution in [3.05, 3.63) is 62.9 Å². The number of furan rings is 1. The Morgan fingerprint density at radius 2 is 2.05 bits per heavy atom. The third kappa shape index (κ3) is 3.05. The van der Waals surface area contributed by atoms with Crippen molar-refractivity contribution >= 4 is 5.88 Å². The number of nitrogens with one attached hydrogen (secondary N) is 1. The topological polar surface area (TPSA) is 68.3 Å². The summed E-state index contributed by atoms with van der Waals surface area (Å²) in [7, 11) is 1.82. The summed E-state index contributed by atoms with van der Waals surface area (Å²) in [6.45, 7) is 4.11. The Bertz CT molecular complexity index is 619. The maximum atomic E-state index is 10.7. The SMILES string of the molecule is CNC(Cc1cc(C)ccc1C)c1ccc([N+](=O)[O-])o1. The van der Waals surface area contributed by atoms with Gasteiger partial charge in [0.15, 0.2) is 0 Å². The van der Waals surface area contributed by atoms with Crippen molar-refractivity contribution in [3.8, 4) is 0 Å². The van der Waals surface area contributed by atoms with E-state index in [1.54, 1.807) is 6.07 Å². The number of nitro groups is 1. The number of hydrogen-bond acceptors (Lipinski definition) is 4. The van der Waals surface area contributed by atoms with Crippen molar-refractivity contribution in [2.45, 2.75) is 26.3 Å². The number of benzene rings is 1. The van der Waals surface area contributed by atoms with Gasteiger partial charge in [-0.2, -0.15) is 0 Å². The lowest BCUT2D eigenvalue weighted by molar-refractivity contribution is -0.402. The van der Waals surface area contributed by atoms with E-state index >= 15 is 0 Å². The molecule has 1 N–H and O–H groups in total. The molecule has 5 nitrogen and oxygen atoms in total. The molecule has 0 saturated heterocycles. The zero-order valence-electron chi connectivity index (χ0n) is 11.8. The molecule has 0 radical (unpaired) electrons. The van der Waals surface area contributed by atoms with Gasteiger partial charge in [-0.25, -0.2) is 0 Å². The van der Waals surface area contributed by atoms with E-state index in [0.717, 1.165) is 6.42 Å². The van der Waals surface area contributed by atoms with Crippen LogP contribution in [0, 0.1) is 24.0 Å². The Hall–Kier alpha value is -2.14. The van der Waals surface area contributed by atoms with Crippen LogP contribution in [0.15, 0.2) is 34.7 Å². The van der Waals surface area contributed by atoms with Gasteiger partial charge in [-0.3, -0.25) is 10.1 Å². The molecule has 0 amide bonds. The molecule has 1 unspecified atom stereocenters. The molecule has 0 saturated carbocycles. The molecular formula is C15H18N2O3. The van der Waals surface area contributed by atoms with E-state index in [1.165, 1.54) is 22.8 Å². The van der Waals surface area contributed by atoms with Gasteiger partial charge in [-0.05, 0) is 44.5 Å². The summed E-state index contributed by atoms with van der Waals surface area (Å²) in [5.41, 5.74) is 3.62. The largest absolute Gasteiger partial charge is 0.433 e. The Kier molecular flexibility index (Phi) is 4.20. The van der Waals surface area contributed by atoms with Gasteiger partial charge < -0.3 is 9.73 Å². The number of likely N-dealkylation sites (N-methyl/N-ethyl adjacent to an activating group) is 1. The van der Waals surface area contributed by atoms with Gasteiger partial charge in [-0.1, -0.05) is 23.8 Å². The number of hydrogen-bond donors (Lipinski definition) is 1. The Morgan fingerprint density at radius 1 is 1.30 bits per heavy atom. The Balaban J connectivity index is 2.23. The molecule has 0 fully saturated rings. The van der Waals surface area contributed by atoms with Crippen LogP contribution in [0.4, 0.5) is 5.88 Å². The van der Waals surface area contributed by atoms with Crippen LogP contribution in [0.3, 0.4) is 0 Å². The van der Waals surface area contributed by atoms with Crippen molar-refractivity contribution in [2.75, 3.05) is 7.05 Å². The first-order valence-electron chi connectivity index (χ1n) is 6.48. The first kappa shape index (κ1) is 14.3. The van der Waals surface area contributed by atoms with Gasteiger partial charge in [0.25, 0.3) is 0 Å². The van der Waals surface area contributed by atoms with Crippen molar-refractivity contribution in [3.63, 3.8) is 0 Å². The molecule has 0 bridgehead atoms. The summed E-state index contributed by atoms with van der Waals surface area (Å²) in [6, 6.07) is 9.26. The summed E-state index contributed by atoms with van der Waals surface area (Å²) in [6.07, 6.45) is 0.731. The molecular weight excluding hydrogens is 256 g/mol. The molecule has 1 heterocycles. The second kappa shape index (κ2) is 5.88. The Morgan fingerprint density at radius 3 is 2.65 bits per heavy atom. The van der Waals surface area contributed by atoms with Gasteiger partial charge in [-0.15, -0.1) is 0 Å². The zero-order chi connectivity index (χ0) is 14.7. The van der Waals surface area contributed by atoms with Gasteiger partial charge in [0.05, 0.1) is 12.1 Å². The van der Waals surface area contributed by atoms with Gasteiger partial charge >= 0.3 is 5.88 Å². The highest BCUT2D eigenvalue weighted by Gasteiger charge is 2.19. The molecule has 1 aromatic carbocycles. The lowest BCUT2D eigenvalue weighted by atomic mass is 9.98. The monoisotopic (exact) mass is 274 g/mol. The molecule has 0 aliphatic carbocycles. The first-order chi connectivity index (χ1) is 9.51. The van der Waals surface area contributed by atoms with E-state index in [1.807, 2.05) is 7.05 Å². The summed E-state index contributed by atoms with van der Waals surface area (Å²) in [5, 5.41) is 13.8. The first-order valence-corrected chi connectivity index (χ1v) is 6.48. The second-order valence-corrected chi connectivity index (χ2v) is 4.91. The highest BCUT2D eigenvalue weighted by Crippen LogP contribution is 2.25. The predicted molar refractivity (Wildman–Crippen MR) is 76.8 cm³/mol. The molecule has 106 valence electrons. The molecule has 0 aliphatic rings. The molecule has 1 aromatic heterocycles. The fraction of sp³-hybridized carbons (Fsp3) is 0.333. The minimum Gasteiger partial charge on any atom is -0.404 e. The van der Waals surface area contributed by atoms with E-state index in [9.17, 15) is 10.1 Å². The minimum atomic E-state index is -0.520. The van der Waals surface area contributed by atoms with Gasteiger partial charge in [0.1, 0.15) is 10.7 Å². The standard InChI is InChI=1S/C15H18N2O3/c1-10-4-5-11(2)12(8-10)9-13(16-3)14-6-7-15(20-14)17(18)19/h4-8,13,16H,9H2,1-3H3. The number of nitrogens with zero attached hydrogens (tertiary/aromatic N) is 1. The molecule has 0 aliphatic heterocycles. The lowest BCUT2D eigenvalue weighted by Gasteiger charge is -2.15. The van der Waals surface area contributed by atoms with Crippen LogP contribution in [-0.4, -0.2) is 12.0 Å². The van der Waals surface area contributed by atoms with E-state index in [0.29, 0.717) is 5.76 Å². The third-order valence-electron chi connectivity index (χ3n) is 3.41. The Labute approximate surface area is 117 Å². The van der Waals surface area contributed by atoms with E-state index in [2.05, 4.69) is 37.4 Å². The van der Waals surface area contributed by atoms with E-state index < -0.39 is 4.92 Å². The van der Waals surface area contributed by atoms with Crippen LogP contribution in [0.25, 0.3) is 0 Å². The number of rotatable bonds is 5. The van der Waals surface area contributed by atoms with E-state index in [-0.39, 0.29) is 11.9 Å². The summed E-state index contributed by atoms with van der Waals surface area (Å²) >= 11 is 0. The average molecular weight is 274 g/mol. The second-order valence-electron chi connectivity index (χ2n) is 4.91. The summed E-state index contributed by atoms with van der Waals surface area (Å²) in [4.78, 5) is 10.2. The molecule has 1 atom stereocenters. The van der Waals surface area contributed by atoms with Crippen LogP contribution in [-0.2, 0) is 6.42 Å². The van der Waals surface area contributed by atoms with Crippen molar-refractivity contribution in [2.24, 2.45) is 0 Å². The summed E-state index contributed by atoms with van der Waals surface area (Å²) in [5.74, 6) is 0.362. The summed E-state index contributed by atoms with van der Waals surface area (Å²) < 4.78 is 5.28. The van der Waals surface area contributed by atoms with Crippen molar-refractivity contribution in [1.29, 1.82) is 0 Å². The normalized spacial score (nSPS) is 12.3. The fourth-order valence-corrected chi connectivity index (χ4v) is 2.21. The molecule has 2 rings (SSSR count). The van der Waals surface area contributed by atoms with Crippen LogP contribution in [0.1, 0.15) is 28.5 Å². The lowest BCUT2D eigenvalue weighted by Crippen LogP contribution is -2.18. The molecule has 5 heteroatoms.